The van der Waals surface area contributed by atoms with Gasteiger partial charge in [-0.25, -0.2) is 0 Å². The molecule has 0 spiro atoms. The molecule has 0 aromatic heterocycles. The van der Waals surface area contributed by atoms with Crippen molar-refractivity contribution in [2.45, 2.75) is 19.8 Å². The minimum absolute atomic E-state index is 0.299. The monoisotopic (exact) mass is 203 g/mol. The smallest absolute Gasteiger partial charge is 0.0468 e. The maximum Gasteiger partial charge on any atom is 0.0468 e. The third kappa shape index (κ3) is 4.89. The number of thioether (sulfide) groups is 1. The molecule has 1 aliphatic rings. The van der Waals surface area contributed by atoms with Gasteiger partial charge in [0.2, 0.25) is 0 Å². The third-order valence-corrected chi connectivity index (χ3v) is 3.63. The molecule has 2 nitrogen and oxygen atoms in total. The number of hydrogen-bond donors (Lipinski definition) is 2. The summed E-state index contributed by atoms with van der Waals surface area (Å²) >= 11 is 2.08. The van der Waals surface area contributed by atoms with E-state index in [1.54, 1.807) is 0 Å². The van der Waals surface area contributed by atoms with E-state index in [0.29, 0.717) is 12.5 Å². The van der Waals surface area contributed by atoms with E-state index < -0.39 is 0 Å². The largest absolute Gasteiger partial charge is 0.396 e. The van der Waals surface area contributed by atoms with Gasteiger partial charge in [-0.2, -0.15) is 11.8 Å². The Morgan fingerprint density at radius 2 is 2.15 bits per heavy atom. The summed E-state index contributed by atoms with van der Waals surface area (Å²) < 4.78 is 0. The van der Waals surface area contributed by atoms with Gasteiger partial charge in [-0.3, -0.25) is 0 Å². The molecule has 1 atom stereocenters. The van der Waals surface area contributed by atoms with Gasteiger partial charge in [0.15, 0.2) is 0 Å². The van der Waals surface area contributed by atoms with E-state index in [1.165, 1.54) is 24.3 Å². The predicted octanol–water partition coefficient (Wildman–Crippen LogP) is 1.35. The molecule has 0 saturated carbocycles. The lowest BCUT2D eigenvalue weighted by atomic mass is 10.0. The summed E-state index contributed by atoms with van der Waals surface area (Å²) in [4.78, 5) is 0. The van der Waals surface area contributed by atoms with Crippen molar-refractivity contribution in [1.82, 2.24) is 5.32 Å². The molecule has 1 unspecified atom stereocenters. The van der Waals surface area contributed by atoms with Crippen LogP contribution in [0.1, 0.15) is 19.8 Å². The average Bonchev–Trinajstić information content (AvgIpc) is 2.19. The highest BCUT2D eigenvalue weighted by Crippen LogP contribution is 2.21. The highest BCUT2D eigenvalue weighted by atomic mass is 32.2. The van der Waals surface area contributed by atoms with Gasteiger partial charge in [0.1, 0.15) is 0 Å². The fraction of sp³-hybridized carbons (Fsp3) is 1.00. The average molecular weight is 203 g/mol. The molecule has 0 aromatic rings. The molecule has 13 heavy (non-hydrogen) atoms. The molecule has 2 N–H and O–H groups in total. The summed E-state index contributed by atoms with van der Waals surface area (Å²) in [6, 6.07) is 0. The third-order valence-electron chi connectivity index (χ3n) is 2.58. The molecule has 0 aliphatic carbocycles. The van der Waals surface area contributed by atoms with E-state index >= 15 is 0 Å². The zero-order valence-electron chi connectivity index (χ0n) is 8.46. The Labute approximate surface area is 85.5 Å². The first kappa shape index (κ1) is 11.3. The Hall–Kier alpha value is 0.270. The standard InChI is InChI=1S/C10H21NOS/c1-9(8-12)6-11-7-10-2-4-13-5-3-10/h9-12H,2-8H2,1H3. The van der Waals surface area contributed by atoms with Gasteiger partial charge in [-0.1, -0.05) is 6.92 Å². The predicted molar refractivity (Wildman–Crippen MR) is 59.2 cm³/mol. The van der Waals surface area contributed by atoms with Crippen LogP contribution in [0.15, 0.2) is 0 Å². The lowest BCUT2D eigenvalue weighted by Gasteiger charge is -2.22. The SMILES string of the molecule is CC(CO)CNCC1CCSCC1. The summed E-state index contributed by atoms with van der Waals surface area (Å²) in [5, 5.41) is 12.3. The molecular formula is C10H21NOS. The number of rotatable bonds is 5. The van der Waals surface area contributed by atoms with Crippen LogP contribution >= 0.6 is 11.8 Å². The molecule has 0 amide bonds. The van der Waals surface area contributed by atoms with Crippen LogP contribution in [0.2, 0.25) is 0 Å². The Morgan fingerprint density at radius 3 is 2.77 bits per heavy atom. The van der Waals surface area contributed by atoms with E-state index in [2.05, 4.69) is 24.0 Å². The first-order valence-electron chi connectivity index (χ1n) is 5.22. The summed E-state index contributed by atoms with van der Waals surface area (Å²) in [6.07, 6.45) is 2.73. The topological polar surface area (TPSA) is 32.3 Å². The highest BCUT2D eigenvalue weighted by Gasteiger charge is 2.13. The first-order chi connectivity index (χ1) is 6.33. The Morgan fingerprint density at radius 1 is 1.46 bits per heavy atom. The normalized spacial score (nSPS) is 21.7. The zero-order valence-corrected chi connectivity index (χ0v) is 9.28. The minimum atomic E-state index is 0.299. The van der Waals surface area contributed by atoms with Crippen molar-refractivity contribution in [3.8, 4) is 0 Å². The van der Waals surface area contributed by atoms with Crippen molar-refractivity contribution in [2.75, 3.05) is 31.2 Å². The van der Waals surface area contributed by atoms with E-state index in [4.69, 9.17) is 5.11 Å². The van der Waals surface area contributed by atoms with Gasteiger partial charge >= 0.3 is 0 Å². The number of aliphatic hydroxyl groups is 1. The van der Waals surface area contributed by atoms with Gasteiger partial charge in [-0.15, -0.1) is 0 Å². The molecule has 78 valence electrons. The second-order valence-electron chi connectivity index (χ2n) is 4.00. The van der Waals surface area contributed by atoms with Crippen molar-refractivity contribution in [1.29, 1.82) is 0 Å². The van der Waals surface area contributed by atoms with Crippen LogP contribution in [-0.4, -0.2) is 36.3 Å². The fourth-order valence-corrected chi connectivity index (χ4v) is 2.75. The molecule has 1 saturated heterocycles. The van der Waals surface area contributed by atoms with Crippen LogP contribution < -0.4 is 5.32 Å². The molecule has 0 aromatic carbocycles. The van der Waals surface area contributed by atoms with Gasteiger partial charge in [0, 0.05) is 6.61 Å². The van der Waals surface area contributed by atoms with E-state index in [-0.39, 0.29) is 0 Å². The van der Waals surface area contributed by atoms with Crippen molar-refractivity contribution >= 4 is 11.8 Å². The lowest BCUT2D eigenvalue weighted by Crippen LogP contribution is -2.30. The molecule has 0 radical (unpaired) electrons. The van der Waals surface area contributed by atoms with Crippen molar-refractivity contribution < 1.29 is 5.11 Å². The second kappa shape index (κ2) is 6.68. The van der Waals surface area contributed by atoms with Gasteiger partial charge in [0.25, 0.3) is 0 Å². The Kier molecular flexibility index (Phi) is 5.83. The zero-order chi connectivity index (χ0) is 9.52. The summed E-state index contributed by atoms with van der Waals surface area (Å²) in [6.45, 7) is 4.47. The van der Waals surface area contributed by atoms with Crippen LogP contribution in [0.3, 0.4) is 0 Å². The van der Waals surface area contributed by atoms with Gasteiger partial charge in [-0.05, 0) is 49.3 Å². The minimum Gasteiger partial charge on any atom is -0.396 e. The summed E-state index contributed by atoms with van der Waals surface area (Å²) in [5.74, 6) is 3.95. The van der Waals surface area contributed by atoms with Crippen LogP contribution in [-0.2, 0) is 0 Å². The van der Waals surface area contributed by atoms with E-state index in [1.807, 2.05) is 0 Å². The van der Waals surface area contributed by atoms with E-state index in [0.717, 1.165) is 19.0 Å². The number of aliphatic hydroxyl groups excluding tert-OH is 1. The Bertz CT molecular complexity index is 126. The molecule has 1 rings (SSSR count). The second-order valence-corrected chi connectivity index (χ2v) is 5.23. The molecule has 0 bridgehead atoms. The maximum atomic E-state index is 8.83. The van der Waals surface area contributed by atoms with Crippen LogP contribution in [0.5, 0.6) is 0 Å². The Balaban J connectivity index is 1.98. The molecule has 1 heterocycles. The van der Waals surface area contributed by atoms with Crippen molar-refractivity contribution in [2.24, 2.45) is 11.8 Å². The van der Waals surface area contributed by atoms with Crippen molar-refractivity contribution in [3.05, 3.63) is 0 Å². The molecule has 1 fully saturated rings. The maximum absolute atomic E-state index is 8.83. The number of hydrogen-bond acceptors (Lipinski definition) is 3. The van der Waals surface area contributed by atoms with Crippen LogP contribution in [0.4, 0.5) is 0 Å². The van der Waals surface area contributed by atoms with E-state index in [9.17, 15) is 0 Å². The van der Waals surface area contributed by atoms with Gasteiger partial charge in [0.05, 0.1) is 0 Å². The van der Waals surface area contributed by atoms with Crippen LogP contribution in [0, 0.1) is 11.8 Å². The summed E-state index contributed by atoms with van der Waals surface area (Å²) in [7, 11) is 0. The molecule has 3 heteroatoms. The first-order valence-corrected chi connectivity index (χ1v) is 6.37. The van der Waals surface area contributed by atoms with Gasteiger partial charge < -0.3 is 10.4 Å². The fourth-order valence-electron chi connectivity index (χ4n) is 1.55. The molecule has 1 aliphatic heterocycles. The van der Waals surface area contributed by atoms with Crippen molar-refractivity contribution in [3.63, 3.8) is 0 Å². The van der Waals surface area contributed by atoms with Crippen LogP contribution in [0.25, 0.3) is 0 Å². The lowest BCUT2D eigenvalue weighted by molar-refractivity contribution is 0.231. The summed E-state index contributed by atoms with van der Waals surface area (Å²) in [5.41, 5.74) is 0. The number of nitrogens with one attached hydrogen (secondary N) is 1. The quantitative estimate of drug-likeness (QED) is 0.707. The molecular weight excluding hydrogens is 182 g/mol. The highest BCUT2D eigenvalue weighted by molar-refractivity contribution is 7.99.